The number of nitrogens with one attached hydrogen (secondary N) is 1. The van der Waals surface area contributed by atoms with Crippen LogP contribution in [-0.4, -0.2) is 85.0 Å². The zero-order valence-corrected chi connectivity index (χ0v) is 22.0. The summed E-state index contributed by atoms with van der Waals surface area (Å²) < 4.78 is 28.1. The minimum Gasteiger partial charge on any atom is -0.493 e. The highest BCUT2D eigenvalue weighted by Gasteiger charge is 2.45. The summed E-state index contributed by atoms with van der Waals surface area (Å²) in [6.45, 7) is 0.786. The molecule has 5 N–H and O–H groups in total. The number of aryl methyl sites for hydroxylation is 1. The molecule has 0 spiro atoms. The van der Waals surface area contributed by atoms with Crippen LogP contribution in [0.2, 0.25) is 0 Å². The molecule has 1 heterocycles. The van der Waals surface area contributed by atoms with Crippen LogP contribution < -0.4 is 29.7 Å². The van der Waals surface area contributed by atoms with Crippen LogP contribution in [0.5, 0.6) is 23.0 Å². The minimum atomic E-state index is -1.64. The maximum atomic E-state index is 12.9. The topological polar surface area (TPSA) is 173 Å². The first-order valence-electron chi connectivity index (χ1n) is 12.4. The third-order valence-electron chi connectivity index (χ3n) is 6.97. The van der Waals surface area contributed by atoms with Crippen molar-refractivity contribution in [3.63, 3.8) is 0 Å². The molecule has 12 nitrogen and oxygen atoms in total. The van der Waals surface area contributed by atoms with Gasteiger partial charge >= 0.3 is 0 Å². The molecule has 0 unspecified atom stereocenters. The van der Waals surface area contributed by atoms with Gasteiger partial charge in [-0.25, -0.2) is 0 Å². The van der Waals surface area contributed by atoms with Crippen molar-refractivity contribution in [2.24, 2.45) is 0 Å². The summed E-state index contributed by atoms with van der Waals surface area (Å²) in [6, 6.07) is 5.87. The Hall–Kier alpha value is -3.42. The van der Waals surface area contributed by atoms with Gasteiger partial charge in [0.25, 0.3) is 0 Å². The summed E-state index contributed by atoms with van der Waals surface area (Å²) in [7, 11) is 4.23. The van der Waals surface area contributed by atoms with Crippen LogP contribution in [0.15, 0.2) is 29.1 Å². The Labute approximate surface area is 224 Å². The van der Waals surface area contributed by atoms with Gasteiger partial charge in [-0.3, -0.25) is 9.59 Å². The molecule has 1 fully saturated rings. The number of ether oxygens (including phenoxy) is 5. The van der Waals surface area contributed by atoms with Crippen LogP contribution in [0.1, 0.15) is 30.5 Å². The number of benzene rings is 1. The van der Waals surface area contributed by atoms with Crippen molar-refractivity contribution in [3.05, 3.63) is 45.6 Å². The number of hydrogen-bond acceptors (Lipinski definition) is 11. The number of carbonyl (C=O) groups is 1. The van der Waals surface area contributed by atoms with Crippen LogP contribution in [-0.2, 0) is 16.0 Å². The van der Waals surface area contributed by atoms with Crippen molar-refractivity contribution in [3.8, 4) is 34.1 Å². The average molecular weight is 548 g/mol. The number of hydrogen-bond donors (Lipinski definition) is 5. The maximum Gasteiger partial charge on any atom is 0.229 e. The molecule has 4 rings (SSSR count). The Balaban J connectivity index is 1.89. The predicted octanol–water partition coefficient (Wildman–Crippen LogP) is 0.0417. The SMILES string of the molecule is COc1c(O[C@H]2O[C@@H](CO)[C@H](O)[C@@H](O)[C@@H]2O)cc2c(c1OC)-c1ccc(OC)c(=O)cc1[C@H](NC(C)=O)CC2. The van der Waals surface area contributed by atoms with Gasteiger partial charge in [-0.05, 0) is 47.7 Å². The van der Waals surface area contributed by atoms with Crippen LogP contribution in [0.4, 0.5) is 0 Å². The van der Waals surface area contributed by atoms with Crippen LogP contribution in [0.25, 0.3) is 11.1 Å². The molecule has 2 aromatic carbocycles. The molecule has 0 saturated carbocycles. The van der Waals surface area contributed by atoms with E-state index in [0.717, 1.165) is 5.56 Å². The van der Waals surface area contributed by atoms with Crippen molar-refractivity contribution >= 4 is 5.91 Å². The highest BCUT2D eigenvalue weighted by molar-refractivity contribution is 5.83. The number of fused-ring (bicyclic) bond motifs is 3. The van der Waals surface area contributed by atoms with Crippen LogP contribution >= 0.6 is 0 Å². The monoisotopic (exact) mass is 547 g/mol. The summed E-state index contributed by atoms with van der Waals surface area (Å²) in [4.78, 5) is 24.9. The van der Waals surface area contributed by atoms with Gasteiger partial charge in [-0.1, -0.05) is 6.07 Å². The zero-order valence-electron chi connectivity index (χ0n) is 22.0. The van der Waals surface area contributed by atoms with E-state index in [1.54, 1.807) is 18.2 Å². The van der Waals surface area contributed by atoms with Crippen LogP contribution in [0.3, 0.4) is 0 Å². The molecule has 0 radical (unpaired) electrons. The van der Waals surface area contributed by atoms with E-state index >= 15 is 0 Å². The second-order valence-electron chi connectivity index (χ2n) is 9.36. The molecular weight excluding hydrogens is 514 g/mol. The number of aliphatic hydroxyl groups is 4. The van der Waals surface area contributed by atoms with E-state index < -0.39 is 43.4 Å². The van der Waals surface area contributed by atoms with E-state index in [1.807, 2.05) is 0 Å². The Bertz CT molecular complexity index is 1280. The van der Waals surface area contributed by atoms with E-state index in [1.165, 1.54) is 34.3 Å². The molecule has 39 heavy (non-hydrogen) atoms. The molecule has 12 heteroatoms. The zero-order chi connectivity index (χ0) is 28.4. The fourth-order valence-corrected chi connectivity index (χ4v) is 5.09. The Morgan fingerprint density at radius 2 is 1.72 bits per heavy atom. The molecule has 1 aliphatic heterocycles. The molecule has 2 aliphatic rings. The molecule has 1 amide bonds. The third-order valence-corrected chi connectivity index (χ3v) is 6.97. The summed E-state index contributed by atoms with van der Waals surface area (Å²) in [6.07, 6.45) is -6.56. The quantitative estimate of drug-likeness (QED) is 0.317. The highest BCUT2D eigenvalue weighted by Crippen LogP contribution is 2.50. The van der Waals surface area contributed by atoms with Gasteiger partial charge in [0.05, 0.1) is 34.0 Å². The van der Waals surface area contributed by atoms with E-state index in [4.69, 9.17) is 23.7 Å². The number of rotatable bonds is 7. The third kappa shape index (κ3) is 5.38. The van der Waals surface area contributed by atoms with Crippen molar-refractivity contribution in [1.29, 1.82) is 0 Å². The number of carbonyl (C=O) groups excluding carboxylic acids is 1. The lowest BCUT2D eigenvalue weighted by Gasteiger charge is -2.39. The molecule has 212 valence electrons. The largest absolute Gasteiger partial charge is 0.493 e. The first kappa shape index (κ1) is 28.6. The summed E-state index contributed by atoms with van der Waals surface area (Å²) in [5, 5.41) is 43.3. The molecule has 0 bridgehead atoms. The van der Waals surface area contributed by atoms with Gasteiger partial charge < -0.3 is 49.4 Å². The van der Waals surface area contributed by atoms with E-state index in [2.05, 4.69) is 5.32 Å². The lowest BCUT2D eigenvalue weighted by Crippen LogP contribution is -2.60. The lowest BCUT2D eigenvalue weighted by molar-refractivity contribution is -0.277. The summed E-state index contributed by atoms with van der Waals surface area (Å²) >= 11 is 0. The minimum absolute atomic E-state index is 0.111. The van der Waals surface area contributed by atoms with Crippen molar-refractivity contribution < 1.29 is 48.9 Å². The molecule has 2 aromatic rings. The molecule has 6 atom stereocenters. The predicted molar refractivity (Wildman–Crippen MR) is 137 cm³/mol. The van der Waals surface area contributed by atoms with Gasteiger partial charge in [0.1, 0.15) is 24.4 Å². The standard InChI is InChI=1S/C27H33NO11/c1-12(30)28-16-7-5-13-9-19(38-27-24(34)23(33)22(32)20(11-29)39-27)25(36-3)26(37-4)21(13)14-6-8-18(35-2)17(31)10-15(14)16/h6,8-10,16,20,22-24,27,29,32-34H,5,7,11H2,1-4H3,(H,28,30)/t16-,20+,22+,23-,24+,27+/m1/s1. The van der Waals surface area contributed by atoms with Gasteiger partial charge in [-0.2, -0.15) is 0 Å². The fourth-order valence-electron chi connectivity index (χ4n) is 5.09. The number of methoxy groups -OCH3 is 3. The normalized spacial score (nSPS) is 25.9. The Morgan fingerprint density at radius 3 is 2.33 bits per heavy atom. The van der Waals surface area contributed by atoms with E-state index in [-0.39, 0.29) is 34.3 Å². The van der Waals surface area contributed by atoms with Crippen molar-refractivity contribution in [2.75, 3.05) is 27.9 Å². The molecule has 0 aromatic heterocycles. The lowest BCUT2D eigenvalue weighted by atomic mass is 9.95. The van der Waals surface area contributed by atoms with E-state index in [9.17, 15) is 30.0 Å². The van der Waals surface area contributed by atoms with Crippen molar-refractivity contribution in [2.45, 2.75) is 56.5 Å². The average Bonchev–Trinajstić information content (AvgIpc) is 3.16. The van der Waals surface area contributed by atoms with Crippen molar-refractivity contribution in [1.82, 2.24) is 5.32 Å². The highest BCUT2D eigenvalue weighted by atomic mass is 16.7. The van der Waals surface area contributed by atoms with Gasteiger partial charge in [0.2, 0.25) is 23.4 Å². The van der Waals surface area contributed by atoms with Crippen LogP contribution in [0, 0.1) is 0 Å². The molecule has 1 aliphatic carbocycles. The fraction of sp³-hybridized carbons (Fsp3) is 0.481. The summed E-state index contributed by atoms with van der Waals surface area (Å²) in [5.74, 6) is 0.368. The van der Waals surface area contributed by atoms with Gasteiger partial charge in [0.15, 0.2) is 17.2 Å². The second kappa shape index (κ2) is 11.8. The Morgan fingerprint density at radius 1 is 1.00 bits per heavy atom. The number of aliphatic hydroxyl groups excluding tert-OH is 4. The second-order valence-corrected chi connectivity index (χ2v) is 9.36. The van der Waals surface area contributed by atoms with E-state index in [0.29, 0.717) is 29.5 Å². The molecular formula is C27H33NO11. The molecule has 1 saturated heterocycles. The smallest absolute Gasteiger partial charge is 0.229 e. The number of amides is 1. The first-order valence-corrected chi connectivity index (χ1v) is 12.4. The summed E-state index contributed by atoms with van der Waals surface area (Å²) in [5.41, 5.74) is 2.15. The first-order chi connectivity index (χ1) is 18.6. The maximum absolute atomic E-state index is 12.9. The van der Waals surface area contributed by atoms with Gasteiger partial charge in [-0.15, -0.1) is 0 Å². The Kier molecular flexibility index (Phi) is 8.62. The van der Waals surface area contributed by atoms with Gasteiger partial charge in [0, 0.05) is 12.5 Å².